The second kappa shape index (κ2) is 8.71. The highest BCUT2D eigenvalue weighted by Gasteiger charge is 2.22. The van der Waals surface area contributed by atoms with Crippen LogP contribution in [0.4, 0.5) is 0 Å². The Hall–Kier alpha value is -2.64. The molecule has 0 aliphatic rings. The van der Waals surface area contributed by atoms with E-state index >= 15 is 0 Å². The topological polar surface area (TPSA) is 68.3 Å². The second-order valence-electron chi connectivity index (χ2n) is 6.92. The van der Waals surface area contributed by atoms with Crippen molar-refractivity contribution >= 4 is 42.9 Å². The van der Waals surface area contributed by atoms with Gasteiger partial charge in [-0.05, 0) is 59.7 Å². The first-order chi connectivity index (χ1) is 15.2. The zero-order chi connectivity index (χ0) is 22.9. The fourth-order valence-corrected chi connectivity index (χ4v) is 6.77. The van der Waals surface area contributed by atoms with Gasteiger partial charge in [0.05, 0.1) is 29.6 Å². The molecular formula is C24H16Cl2O4S2. The number of sulfone groups is 2. The normalized spacial score (nSPS) is 11.9. The Morgan fingerprint density at radius 3 is 1.06 bits per heavy atom. The van der Waals surface area contributed by atoms with Crippen molar-refractivity contribution < 1.29 is 16.8 Å². The lowest BCUT2D eigenvalue weighted by atomic mass is 10.1. The molecule has 0 amide bonds. The minimum absolute atomic E-state index is 0.0450. The summed E-state index contributed by atoms with van der Waals surface area (Å²) < 4.78 is 51.4. The number of rotatable bonds is 5. The fraction of sp³-hybridized carbons (Fsp3) is 0. The highest BCUT2D eigenvalue weighted by atomic mass is 35.5. The molecule has 4 aromatic carbocycles. The minimum atomic E-state index is -3.75. The van der Waals surface area contributed by atoms with Crippen molar-refractivity contribution in [2.45, 2.75) is 19.6 Å². The molecule has 0 radical (unpaired) electrons. The van der Waals surface area contributed by atoms with E-state index in [1.165, 1.54) is 48.5 Å². The van der Waals surface area contributed by atoms with Crippen molar-refractivity contribution in [3.8, 4) is 11.1 Å². The predicted molar refractivity (Wildman–Crippen MR) is 126 cm³/mol. The Morgan fingerprint density at radius 1 is 0.438 bits per heavy atom. The van der Waals surface area contributed by atoms with E-state index in [1.807, 2.05) is 0 Å². The van der Waals surface area contributed by atoms with Crippen LogP contribution >= 0.6 is 23.2 Å². The molecule has 0 fully saturated rings. The van der Waals surface area contributed by atoms with Gasteiger partial charge in [0.25, 0.3) is 0 Å². The molecule has 4 nitrogen and oxygen atoms in total. The third kappa shape index (κ3) is 4.19. The van der Waals surface area contributed by atoms with Crippen LogP contribution in [0.25, 0.3) is 11.1 Å². The third-order valence-corrected chi connectivity index (χ3v) is 9.45. The van der Waals surface area contributed by atoms with Crippen LogP contribution in [0.2, 0.25) is 10.0 Å². The maximum Gasteiger partial charge on any atom is 0.208 e. The van der Waals surface area contributed by atoms with Crippen LogP contribution in [0.5, 0.6) is 0 Å². The molecule has 0 saturated carbocycles. The van der Waals surface area contributed by atoms with Gasteiger partial charge in [-0.15, -0.1) is 0 Å². The summed E-state index contributed by atoms with van der Waals surface area (Å²) in [6, 6.07) is 25.2. The average Bonchev–Trinajstić information content (AvgIpc) is 2.79. The molecule has 0 aromatic heterocycles. The molecule has 0 spiro atoms. The van der Waals surface area contributed by atoms with E-state index < -0.39 is 19.7 Å². The molecule has 32 heavy (non-hydrogen) atoms. The van der Waals surface area contributed by atoms with Crippen LogP contribution in [0, 0.1) is 0 Å². The van der Waals surface area contributed by atoms with Gasteiger partial charge in [0.15, 0.2) is 0 Å². The van der Waals surface area contributed by atoms with E-state index in [0.29, 0.717) is 0 Å². The molecular weight excluding hydrogens is 487 g/mol. The molecule has 4 rings (SSSR count). The standard InChI is InChI=1S/C24H16Cl2O4S2/c25-21-5-1-3-7-23(21)31(27,28)19-13-9-17(10-14-19)18-11-15-20(16-12-18)32(29,30)24-8-4-2-6-22(24)26/h1-16H. The molecule has 0 aliphatic heterocycles. The largest absolute Gasteiger partial charge is 0.218 e. The molecule has 0 N–H and O–H groups in total. The van der Waals surface area contributed by atoms with Crippen LogP contribution in [0.1, 0.15) is 0 Å². The Labute approximate surface area is 196 Å². The summed E-state index contributed by atoms with van der Waals surface area (Å²) >= 11 is 12.1. The summed E-state index contributed by atoms with van der Waals surface area (Å²) in [5, 5.41) is 0.318. The van der Waals surface area contributed by atoms with Gasteiger partial charge in [0.1, 0.15) is 0 Å². The van der Waals surface area contributed by atoms with Crippen molar-refractivity contribution in [1.82, 2.24) is 0 Å². The highest BCUT2D eigenvalue weighted by Crippen LogP contribution is 2.31. The second-order valence-corrected chi connectivity index (χ2v) is 11.6. The quantitative estimate of drug-likeness (QED) is 0.319. The number of benzene rings is 4. The first-order valence-electron chi connectivity index (χ1n) is 9.41. The average molecular weight is 503 g/mol. The fourth-order valence-electron chi connectivity index (χ4n) is 3.23. The number of halogens is 2. The number of hydrogen-bond donors (Lipinski definition) is 0. The molecule has 0 saturated heterocycles. The summed E-state index contributed by atoms with van der Waals surface area (Å²) in [7, 11) is -7.51. The van der Waals surface area contributed by atoms with E-state index in [4.69, 9.17) is 23.2 Å². The van der Waals surface area contributed by atoms with E-state index in [9.17, 15) is 16.8 Å². The van der Waals surface area contributed by atoms with Gasteiger partial charge in [-0.1, -0.05) is 71.7 Å². The van der Waals surface area contributed by atoms with Crippen LogP contribution in [-0.4, -0.2) is 16.8 Å². The summed E-state index contributed by atoms with van der Waals surface area (Å²) in [4.78, 5) is 0.326. The smallest absolute Gasteiger partial charge is 0.208 e. The van der Waals surface area contributed by atoms with Crippen molar-refractivity contribution in [3.63, 3.8) is 0 Å². The molecule has 0 unspecified atom stereocenters. The SMILES string of the molecule is O=S(=O)(c1ccc(-c2ccc(S(=O)(=O)c3ccccc3Cl)cc2)cc1)c1ccccc1Cl. The molecule has 162 valence electrons. The van der Waals surface area contributed by atoms with Crippen LogP contribution < -0.4 is 0 Å². The van der Waals surface area contributed by atoms with Crippen molar-refractivity contribution in [2.24, 2.45) is 0 Å². The van der Waals surface area contributed by atoms with E-state index in [2.05, 4.69) is 0 Å². The van der Waals surface area contributed by atoms with E-state index in [0.717, 1.165) is 11.1 Å². The van der Waals surface area contributed by atoms with Gasteiger partial charge < -0.3 is 0 Å². The zero-order valence-electron chi connectivity index (χ0n) is 16.4. The highest BCUT2D eigenvalue weighted by molar-refractivity contribution is 7.92. The lowest BCUT2D eigenvalue weighted by molar-refractivity contribution is 0.594. The van der Waals surface area contributed by atoms with Crippen LogP contribution in [-0.2, 0) is 19.7 Å². The van der Waals surface area contributed by atoms with Crippen molar-refractivity contribution in [1.29, 1.82) is 0 Å². The van der Waals surface area contributed by atoms with Crippen LogP contribution in [0.15, 0.2) is 117 Å². The Kier molecular flexibility index (Phi) is 6.14. The summed E-state index contributed by atoms with van der Waals surface area (Å²) in [6.45, 7) is 0. The van der Waals surface area contributed by atoms with Gasteiger partial charge >= 0.3 is 0 Å². The first-order valence-corrected chi connectivity index (χ1v) is 13.1. The van der Waals surface area contributed by atoms with Gasteiger partial charge in [0.2, 0.25) is 19.7 Å². The maximum atomic E-state index is 12.9. The molecule has 0 aliphatic carbocycles. The Morgan fingerprint density at radius 2 is 0.750 bits per heavy atom. The molecule has 0 heterocycles. The molecule has 8 heteroatoms. The summed E-state index contributed by atoms with van der Waals surface area (Å²) in [5.41, 5.74) is 1.48. The van der Waals surface area contributed by atoms with E-state index in [1.54, 1.807) is 48.5 Å². The summed E-state index contributed by atoms with van der Waals surface area (Å²) in [6.07, 6.45) is 0. The Bertz CT molecular complexity index is 1380. The van der Waals surface area contributed by atoms with Gasteiger partial charge in [-0.3, -0.25) is 0 Å². The van der Waals surface area contributed by atoms with Crippen molar-refractivity contribution in [2.75, 3.05) is 0 Å². The molecule has 0 atom stereocenters. The lowest BCUT2D eigenvalue weighted by Gasteiger charge is -2.09. The predicted octanol–water partition coefficient (Wildman–Crippen LogP) is 6.33. The number of hydrogen-bond acceptors (Lipinski definition) is 4. The zero-order valence-corrected chi connectivity index (χ0v) is 19.6. The first kappa shape index (κ1) is 22.6. The monoisotopic (exact) mass is 502 g/mol. The van der Waals surface area contributed by atoms with Crippen molar-refractivity contribution in [3.05, 3.63) is 107 Å². The Balaban J connectivity index is 1.64. The minimum Gasteiger partial charge on any atom is -0.218 e. The summed E-state index contributed by atoms with van der Waals surface area (Å²) in [5.74, 6) is 0. The van der Waals surface area contributed by atoms with E-state index in [-0.39, 0.29) is 29.6 Å². The van der Waals surface area contributed by atoms with Gasteiger partial charge in [-0.2, -0.15) is 0 Å². The lowest BCUT2D eigenvalue weighted by Crippen LogP contribution is -2.03. The third-order valence-electron chi connectivity index (χ3n) is 4.91. The molecule has 0 bridgehead atoms. The maximum absolute atomic E-state index is 12.9. The van der Waals surface area contributed by atoms with Gasteiger partial charge in [-0.25, -0.2) is 16.8 Å². The van der Waals surface area contributed by atoms with Gasteiger partial charge in [0, 0.05) is 0 Å². The van der Waals surface area contributed by atoms with Crippen LogP contribution in [0.3, 0.4) is 0 Å². The molecule has 4 aromatic rings.